The molecule has 4 aromatic rings. The van der Waals surface area contributed by atoms with Crippen LogP contribution in [0.4, 0.5) is 5.69 Å². The summed E-state index contributed by atoms with van der Waals surface area (Å²) in [6.45, 7) is 10.5. The van der Waals surface area contributed by atoms with Gasteiger partial charge in [-0.3, -0.25) is 9.69 Å². The number of anilines is 1. The van der Waals surface area contributed by atoms with Crippen LogP contribution >= 0.6 is 0 Å². The molecule has 0 fully saturated rings. The molecule has 0 radical (unpaired) electrons. The first-order valence-corrected chi connectivity index (χ1v) is 10.9. The van der Waals surface area contributed by atoms with Crippen molar-refractivity contribution in [2.24, 2.45) is 0 Å². The van der Waals surface area contributed by atoms with E-state index < -0.39 is 0 Å². The standard InChI is InChI=1S/C26H29N5O2/c1-17-15-18(2)31-25(27-17)28-23(29-31)16-30(21-9-7-8-10-22(21)33-6)24(32)19-11-13-20(14-12-19)26(3,4)5/h7-15H,16H2,1-6H3. The molecule has 0 bridgehead atoms. The Balaban J connectivity index is 1.76. The fourth-order valence-corrected chi connectivity index (χ4v) is 3.80. The Hall–Kier alpha value is -3.74. The molecule has 0 aliphatic heterocycles. The highest BCUT2D eigenvalue weighted by Crippen LogP contribution is 2.31. The first-order chi connectivity index (χ1) is 15.7. The Morgan fingerprint density at radius 1 is 1.03 bits per heavy atom. The molecule has 0 spiro atoms. The van der Waals surface area contributed by atoms with Crippen LogP contribution in [-0.2, 0) is 12.0 Å². The van der Waals surface area contributed by atoms with Gasteiger partial charge in [-0.2, -0.15) is 4.98 Å². The number of aryl methyl sites for hydroxylation is 2. The average Bonchev–Trinajstić information content (AvgIpc) is 3.19. The molecular formula is C26H29N5O2. The molecule has 2 heterocycles. The number of ether oxygens (including phenoxy) is 1. The second kappa shape index (κ2) is 8.65. The van der Waals surface area contributed by atoms with Gasteiger partial charge in [0, 0.05) is 17.0 Å². The van der Waals surface area contributed by atoms with Crippen LogP contribution in [0.3, 0.4) is 0 Å². The van der Waals surface area contributed by atoms with E-state index in [9.17, 15) is 4.79 Å². The molecule has 7 nitrogen and oxygen atoms in total. The molecule has 0 unspecified atom stereocenters. The molecule has 33 heavy (non-hydrogen) atoms. The largest absolute Gasteiger partial charge is 0.495 e. The highest BCUT2D eigenvalue weighted by molar-refractivity contribution is 6.06. The lowest BCUT2D eigenvalue weighted by Crippen LogP contribution is -2.31. The molecule has 0 saturated carbocycles. The van der Waals surface area contributed by atoms with Gasteiger partial charge in [-0.25, -0.2) is 9.50 Å². The van der Waals surface area contributed by atoms with Crippen molar-refractivity contribution >= 4 is 17.4 Å². The number of rotatable bonds is 5. The van der Waals surface area contributed by atoms with Gasteiger partial charge in [-0.05, 0) is 55.2 Å². The smallest absolute Gasteiger partial charge is 0.258 e. The molecule has 0 aliphatic carbocycles. The molecule has 0 saturated heterocycles. The fourth-order valence-electron chi connectivity index (χ4n) is 3.80. The van der Waals surface area contributed by atoms with Crippen molar-refractivity contribution in [3.63, 3.8) is 0 Å². The molecule has 0 aliphatic rings. The zero-order valence-electron chi connectivity index (χ0n) is 20.0. The van der Waals surface area contributed by atoms with Gasteiger partial charge in [0.2, 0.25) is 0 Å². The summed E-state index contributed by atoms with van der Waals surface area (Å²) in [6.07, 6.45) is 0. The van der Waals surface area contributed by atoms with Gasteiger partial charge in [-0.1, -0.05) is 45.0 Å². The van der Waals surface area contributed by atoms with Crippen LogP contribution in [-0.4, -0.2) is 32.6 Å². The van der Waals surface area contributed by atoms with Crippen molar-refractivity contribution < 1.29 is 9.53 Å². The van der Waals surface area contributed by atoms with E-state index in [-0.39, 0.29) is 17.9 Å². The maximum atomic E-state index is 13.7. The first kappa shape index (κ1) is 22.5. The number of benzene rings is 2. The van der Waals surface area contributed by atoms with Gasteiger partial charge >= 0.3 is 0 Å². The summed E-state index contributed by atoms with van der Waals surface area (Å²) in [5, 5.41) is 4.60. The summed E-state index contributed by atoms with van der Waals surface area (Å²) < 4.78 is 7.26. The van der Waals surface area contributed by atoms with Crippen molar-refractivity contribution in [2.75, 3.05) is 12.0 Å². The van der Waals surface area contributed by atoms with Gasteiger partial charge in [0.25, 0.3) is 11.7 Å². The fraction of sp³-hybridized carbons (Fsp3) is 0.308. The molecule has 0 N–H and O–H groups in total. The van der Waals surface area contributed by atoms with Crippen molar-refractivity contribution in [1.82, 2.24) is 19.6 Å². The average molecular weight is 444 g/mol. The van der Waals surface area contributed by atoms with Crippen LogP contribution in [0.1, 0.15) is 53.9 Å². The third kappa shape index (κ3) is 4.58. The van der Waals surface area contributed by atoms with Crippen molar-refractivity contribution in [2.45, 2.75) is 46.6 Å². The third-order valence-corrected chi connectivity index (χ3v) is 5.58. The molecule has 4 rings (SSSR count). The number of nitrogens with zero attached hydrogens (tertiary/aromatic N) is 5. The van der Waals surface area contributed by atoms with E-state index in [2.05, 4.69) is 35.8 Å². The minimum Gasteiger partial charge on any atom is -0.495 e. The Kier molecular flexibility index (Phi) is 5.89. The Morgan fingerprint density at radius 3 is 2.39 bits per heavy atom. The number of fused-ring (bicyclic) bond motifs is 1. The van der Waals surface area contributed by atoms with Gasteiger partial charge in [0.1, 0.15) is 5.75 Å². The summed E-state index contributed by atoms with van der Waals surface area (Å²) >= 11 is 0. The van der Waals surface area contributed by atoms with Crippen LogP contribution in [0.15, 0.2) is 54.6 Å². The van der Waals surface area contributed by atoms with Crippen LogP contribution in [0.2, 0.25) is 0 Å². The van der Waals surface area contributed by atoms with Gasteiger partial charge in [0.15, 0.2) is 5.82 Å². The van der Waals surface area contributed by atoms with Crippen LogP contribution in [0, 0.1) is 13.8 Å². The van der Waals surface area contributed by atoms with E-state index in [0.717, 1.165) is 11.4 Å². The monoisotopic (exact) mass is 443 g/mol. The maximum Gasteiger partial charge on any atom is 0.258 e. The van der Waals surface area contributed by atoms with Gasteiger partial charge in [0.05, 0.1) is 19.3 Å². The van der Waals surface area contributed by atoms with E-state index in [1.165, 1.54) is 5.56 Å². The predicted octanol–water partition coefficient (Wildman–Crippen LogP) is 4.89. The van der Waals surface area contributed by atoms with E-state index >= 15 is 0 Å². The quantitative estimate of drug-likeness (QED) is 0.439. The lowest BCUT2D eigenvalue weighted by molar-refractivity contribution is 0.0983. The summed E-state index contributed by atoms with van der Waals surface area (Å²) in [5.74, 6) is 1.47. The summed E-state index contributed by atoms with van der Waals surface area (Å²) in [4.78, 5) is 24.4. The second-order valence-electron chi connectivity index (χ2n) is 9.17. The number of methoxy groups -OCH3 is 1. The Morgan fingerprint density at radius 2 is 1.73 bits per heavy atom. The third-order valence-electron chi connectivity index (χ3n) is 5.58. The number of amides is 1. The van der Waals surface area contributed by atoms with Gasteiger partial charge < -0.3 is 4.74 Å². The maximum absolute atomic E-state index is 13.7. The Bertz CT molecular complexity index is 1300. The molecule has 2 aromatic carbocycles. The minimum absolute atomic E-state index is 0.00731. The molecule has 1 amide bonds. The summed E-state index contributed by atoms with van der Waals surface area (Å²) in [7, 11) is 1.60. The predicted molar refractivity (Wildman–Crippen MR) is 129 cm³/mol. The SMILES string of the molecule is COc1ccccc1N(Cc1nc2nc(C)cc(C)n2n1)C(=O)c1ccc(C(C)(C)C)cc1. The normalized spacial score (nSPS) is 11.6. The number of para-hydroxylation sites is 2. The van der Waals surface area contributed by atoms with E-state index in [4.69, 9.17) is 4.74 Å². The minimum atomic E-state index is -0.153. The highest BCUT2D eigenvalue weighted by atomic mass is 16.5. The summed E-state index contributed by atoms with van der Waals surface area (Å²) in [5.41, 5.74) is 4.22. The van der Waals surface area contributed by atoms with Crippen molar-refractivity contribution in [1.29, 1.82) is 0 Å². The number of hydrogen-bond donors (Lipinski definition) is 0. The lowest BCUT2D eigenvalue weighted by atomic mass is 9.86. The molecule has 2 aromatic heterocycles. The van der Waals surface area contributed by atoms with Crippen LogP contribution in [0.25, 0.3) is 5.78 Å². The highest BCUT2D eigenvalue weighted by Gasteiger charge is 2.24. The zero-order valence-corrected chi connectivity index (χ0v) is 20.0. The number of aromatic nitrogens is 4. The number of carbonyl (C=O) groups is 1. The zero-order chi connectivity index (χ0) is 23.8. The summed E-state index contributed by atoms with van der Waals surface area (Å²) in [6, 6.07) is 17.2. The van der Waals surface area contributed by atoms with E-state index in [1.54, 1.807) is 16.5 Å². The number of carbonyl (C=O) groups excluding carboxylic acids is 1. The first-order valence-electron chi connectivity index (χ1n) is 10.9. The molecule has 170 valence electrons. The Labute approximate surface area is 194 Å². The lowest BCUT2D eigenvalue weighted by Gasteiger charge is -2.24. The molecular weight excluding hydrogens is 414 g/mol. The van der Waals surface area contributed by atoms with E-state index in [0.29, 0.717) is 28.6 Å². The van der Waals surface area contributed by atoms with Crippen LogP contribution in [0.5, 0.6) is 5.75 Å². The molecule has 7 heteroatoms. The van der Waals surface area contributed by atoms with E-state index in [1.807, 2.05) is 68.4 Å². The van der Waals surface area contributed by atoms with Crippen LogP contribution < -0.4 is 9.64 Å². The second-order valence-corrected chi connectivity index (χ2v) is 9.17. The number of hydrogen-bond acceptors (Lipinski definition) is 5. The van der Waals surface area contributed by atoms with Crippen molar-refractivity contribution in [3.05, 3.63) is 82.9 Å². The molecule has 0 atom stereocenters. The van der Waals surface area contributed by atoms with Crippen molar-refractivity contribution in [3.8, 4) is 5.75 Å². The topological polar surface area (TPSA) is 72.6 Å². The van der Waals surface area contributed by atoms with Gasteiger partial charge in [-0.15, -0.1) is 5.10 Å².